The Bertz CT molecular complexity index is 1600. The van der Waals surface area contributed by atoms with Gasteiger partial charge in [0.1, 0.15) is 11.9 Å². The molecular formula is C33H33ClFN3O4S. The Morgan fingerprint density at radius 1 is 0.767 bits per heavy atom. The summed E-state index contributed by atoms with van der Waals surface area (Å²) in [5.41, 5.74) is 2.94. The molecule has 0 unspecified atom stereocenters. The van der Waals surface area contributed by atoms with Crippen LogP contribution in [0.3, 0.4) is 0 Å². The normalized spacial score (nSPS) is 12.1. The van der Waals surface area contributed by atoms with E-state index in [-0.39, 0.29) is 26.1 Å². The average Bonchev–Trinajstić information content (AvgIpc) is 2.99. The van der Waals surface area contributed by atoms with Gasteiger partial charge in [0.25, 0.3) is 0 Å². The van der Waals surface area contributed by atoms with E-state index >= 15 is 0 Å². The van der Waals surface area contributed by atoms with Crippen molar-refractivity contribution in [3.05, 3.63) is 142 Å². The quantitative estimate of drug-likeness (QED) is 0.222. The highest BCUT2D eigenvalue weighted by molar-refractivity contribution is 7.88. The molecule has 4 aromatic rings. The van der Waals surface area contributed by atoms with Gasteiger partial charge >= 0.3 is 0 Å². The Morgan fingerprint density at radius 2 is 1.30 bits per heavy atom. The number of halogens is 2. The van der Waals surface area contributed by atoms with Crippen LogP contribution in [0.4, 0.5) is 4.39 Å². The van der Waals surface area contributed by atoms with Crippen molar-refractivity contribution < 1.29 is 22.4 Å². The maximum absolute atomic E-state index is 14.1. The van der Waals surface area contributed by atoms with Crippen molar-refractivity contribution in [2.45, 2.75) is 32.1 Å². The minimum absolute atomic E-state index is 0.0120. The van der Waals surface area contributed by atoms with E-state index in [4.69, 9.17) is 11.6 Å². The molecule has 224 valence electrons. The van der Waals surface area contributed by atoms with Gasteiger partial charge in [-0.15, -0.1) is 0 Å². The molecule has 0 heterocycles. The summed E-state index contributed by atoms with van der Waals surface area (Å²) in [6.07, 6.45) is 1.23. The summed E-state index contributed by atoms with van der Waals surface area (Å²) < 4.78 is 40.4. The molecule has 0 aliphatic rings. The van der Waals surface area contributed by atoms with Gasteiger partial charge in [-0.2, -0.15) is 4.31 Å². The molecule has 1 atom stereocenters. The molecule has 0 saturated carbocycles. The Morgan fingerprint density at radius 3 is 1.88 bits per heavy atom. The van der Waals surface area contributed by atoms with Crippen molar-refractivity contribution >= 4 is 33.4 Å². The first-order chi connectivity index (χ1) is 20.6. The number of amides is 2. The zero-order chi connectivity index (χ0) is 30.8. The molecule has 10 heteroatoms. The van der Waals surface area contributed by atoms with Crippen LogP contribution in [-0.2, 0) is 45.7 Å². The predicted octanol–water partition coefficient (Wildman–Crippen LogP) is 5.20. The molecular weight excluding hydrogens is 589 g/mol. The Hall–Kier alpha value is -4.05. The molecule has 43 heavy (non-hydrogen) atoms. The van der Waals surface area contributed by atoms with Crippen LogP contribution in [0.15, 0.2) is 109 Å². The lowest BCUT2D eigenvalue weighted by Gasteiger charge is -2.33. The number of benzene rings is 4. The first kappa shape index (κ1) is 31.9. The van der Waals surface area contributed by atoms with Gasteiger partial charge < -0.3 is 10.2 Å². The summed E-state index contributed by atoms with van der Waals surface area (Å²) in [6.45, 7) is -0.330. The van der Waals surface area contributed by atoms with Gasteiger partial charge in [-0.1, -0.05) is 96.5 Å². The highest BCUT2D eigenvalue weighted by atomic mass is 35.5. The Balaban J connectivity index is 1.67. The minimum Gasteiger partial charge on any atom is -0.350 e. The molecule has 0 aromatic heterocycles. The number of nitrogens with zero attached hydrogens (tertiary/aromatic N) is 2. The van der Waals surface area contributed by atoms with Crippen molar-refractivity contribution in [3.63, 3.8) is 0 Å². The highest BCUT2D eigenvalue weighted by Crippen LogP contribution is 2.18. The van der Waals surface area contributed by atoms with Gasteiger partial charge in [0.05, 0.1) is 12.8 Å². The molecule has 1 N–H and O–H groups in total. The predicted molar refractivity (Wildman–Crippen MR) is 166 cm³/mol. The number of hydrogen-bond acceptors (Lipinski definition) is 4. The Labute approximate surface area is 257 Å². The maximum Gasteiger partial charge on any atom is 0.243 e. The SMILES string of the molecule is CS(=O)(=O)N(CC(=O)N(Cc1ccc(F)cc1)[C@@H](Cc1ccccc1)C(=O)NCc1ccc(Cl)cc1)Cc1ccccc1. The van der Waals surface area contributed by atoms with Crippen molar-refractivity contribution in [2.75, 3.05) is 12.8 Å². The minimum atomic E-state index is -3.80. The molecule has 0 fully saturated rings. The van der Waals surface area contributed by atoms with E-state index in [1.165, 1.54) is 17.0 Å². The van der Waals surface area contributed by atoms with E-state index in [2.05, 4.69) is 5.32 Å². The third kappa shape index (κ3) is 9.74. The molecule has 4 aromatic carbocycles. The van der Waals surface area contributed by atoms with Gasteiger partial charge in [0.15, 0.2) is 0 Å². The average molecular weight is 622 g/mol. The second-order valence-electron chi connectivity index (χ2n) is 10.2. The van der Waals surface area contributed by atoms with E-state index in [0.717, 1.165) is 21.7 Å². The van der Waals surface area contributed by atoms with Gasteiger partial charge in [-0.25, -0.2) is 12.8 Å². The number of hydrogen-bond donors (Lipinski definition) is 1. The summed E-state index contributed by atoms with van der Waals surface area (Å²) >= 11 is 6.00. The summed E-state index contributed by atoms with van der Waals surface area (Å²) in [5, 5.41) is 3.49. The first-order valence-electron chi connectivity index (χ1n) is 13.7. The van der Waals surface area contributed by atoms with Crippen LogP contribution in [0.25, 0.3) is 0 Å². The number of carbonyl (C=O) groups excluding carboxylic acids is 2. The lowest BCUT2D eigenvalue weighted by Crippen LogP contribution is -2.53. The molecule has 0 radical (unpaired) electrons. The summed E-state index contributed by atoms with van der Waals surface area (Å²) in [6, 6.07) is 29.9. The van der Waals surface area contributed by atoms with Crippen LogP contribution in [0.1, 0.15) is 22.3 Å². The molecule has 0 aliphatic carbocycles. The smallest absolute Gasteiger partial charge is 0.243 e. The molecule has 0 spiro atoms. The van der Waals surface area contributed by atoms with E-state index in [9.17, 15) is 22.4 Å². The lowest BCUT2D eigenvalue weighted by molar-refractivity contribution is -0.141. The highest BCUT2D eigenvalue weighted by Gasteiger charge is 2.33. The van der Waals surface area contributed by atoms with Gasteiger partial charge in [0, 0.05) is 31.1 Å². The molecule has 0 bridgehead atoms. The fraction of sp³-hybridized carbons (Fsp3) is 0.212. The fourth-order valence-electron chi connectivity index (χ4n) is 4.57. The third-order valence-electron chi connectivity index (χ3n) is 6.90. The zero-order valence-corrected chi connectivity index (χ0v) is 25.3. The third-order valence-corrected chi connectivity index (χ3v) is 8.35. The van der Waals surface area contributed by atoms with Crippen molar-refractivity contribution in [2.24, 2.45) is 0 Å². The van der Waals surface area contributed by atoms with Gasteiger partial charge in [-0.05, 0) is 46.5 Å². The summed E-state index contributed by atoms with van der Waals surface area (Å²) in [5.74, 6) is -1.41. The number of rotatable bonds is 13. The number of nitrogens with one attached hydrogen (secondary N) is 1. The second-order valence-corrected chi connectivity index (χ2v) is 12.6. The number of sulfonamides is 1. The zero-order valence-electron chi connectivity index (χ0n) is 23.7. The van der Waals surface area contributed by atoms with Gasteiger partial charge in [0.2, 0.25) is 21.8 Å². The van der Waals surface area contributed by atoms with E-state index < -0.39 is 40.2 Å². The van der Waals surface area contributed by atoms with E-state index in [1.807, 2.05) is 36.4 Å². The molecule has 4 rings (SSSR count). The number of carbonyl (C=O) groups is 2. The first-order valence-corrected chi connectivity index (χ1v) is 15.9. The van der Waals surface area contributed by atoms with Crippen LogP contribution < -0.4 is 5.32 Å². The molecule has 0 aliphatic heterocycles. The molecule has 2 amide bonds. The monoisotopic (exact) mass is 621 g/mol. The van der Waals surface area contributed by atoms with Crippen LogP contribution >= 0.6 is 11.6 Å². The van der Waals surface area contributed by atoms with Crippen LogP contribution in [-0.4, -0.2) is 48.3 Å². The van der Waals surface area contributed by atoms with Gasteiger partial charge in [-0.3, -0.25) is 9.59 Å². The largest absolute Gasteiger partial charge is 0.350 e. The Kier molecular flexibility index (Phi) is 11.1. The molecule has 7 nitrogen and oxygen atoms in total. The van der Waals surface area contributed by atoms with Crippen molar-refractivity contribution in [1.29, 1.82) is 0 Å². The summed E-state index contributed by atoms with van der Waals surface area (Å²) in [7, 11) is -3.80. The topological polar surface area (TPSA) is 86.8 Å². The van der Waals surface area contributed by atoms with E-state index in [1.54, 1.807) is 60.7 Å². The second kappa shape index (κ2) is 14.9. The van der Waals surface area contributed by atoms with E-state index in [0.29, 0.717) is 16.1 Å². The molecule has 0 saturated heterocycles. The van der Waals surface area contributed by atoms with Crippen LogP contribution in [0.2, 0.25) is 5.02 Å². The van der Waals surface area contributed by atoms with Crippen LogP contribution in [0, 0.1) is 5.82 Å². The lowest BCUT2D eigenvalue weighted by atomic mass is 10.0. The fourth-order valence-corrected chi connectivity index (χ4v) is 5.42. The standard InChI is InChI=1S/C33H33ClFN3O4S/c1-43(41,42)37(22-27-10-6-3-7-11-27)24-32(39)38(23-28-14-18-30(35)19-15-28)31(20-25-8-4-2-5-9-25)33(40)36-21-26-12-16-29(34)17-13-26/h2-19,31H,20-24H2,1H3,(H,36,40)/t31-/m0/s1. The van der Waals surface area contributed by atoms with Crippen molar-refractivity contribution in [1.82, 2.24) is 14.5 Å². The van der Waals surface area contributed by atoms with Crippen LogP contribution in [0.5, 0.6) is 0 Å². The van der Waals surface area contributed by atoms with Crippen molar-refractivity contribution in [3.8, 4) is 0 Å². The summed E-state index contributed by atoms with van der Waals surface area (Å²) in [4.78, 5) is 29.3. The maximum atomic E-state index is 14.1.